The molecule has 0 unspecified atom stereocenters. The van der Waals surface area contributed by atoms with Crippen molar-refractivity contribution in [3.05, 3.63) is 35.3 Å². The van der Waals surface area contributed by atoms with Crippen LogP contribution in [0.3, 0.4) is 0 Å². The smallest absolute Gasteiger partial charge is 0.247 e. The fourth-order valence-corrected chi connectivity index (χ4v) is 1.21. The highest BCUT2D eigenvalue weighted by Gasteiger charge is 2.15. The van der Waals surface area contributed by atoms with Gasteiger partial charge in [-0.1, -0.05) is 6.58 Å². The van der Waals surface area contributed by atoms with Crippen molar-refractivity contribution < 1.29 is 15.0 Å². The average Bonchev–Trinajstić information content (AvgIpc) is 2.12. The van der Waals surface area contributed by atoms with E-state index in [4.69, 9.17) is 5.11 Å². The van der Waals surface area contributed by atoms with Crippen LogP contribution in [0.1, 0.15) is 13.3 Å². The average molecular weight is 195 g/mol. The first-order valence-electron chi connectivity index (χ1n) is 4.29. The topological polar surface area (TPSA) is 69.6 Å². The molecule has 1 heterocycles. The standard InChI is InChI=1S/C10H13NO3/c1-6-8(3-4-11-10(6)14)5-9(13)7(2)12/h5,12-13H,2-4H2,1H3,(H,11,14)/b9-5+. The van der Waals surface area contributed by atoms with Gasteiger partial charge in [-0.15, -0.1) is 0 Å². The van der Waals surface area contributed by atoms with Crippen LogP contribution in [0.4, 0.5) is 0 Å². The molecule has 0 spiro atoms. The summed E-state index contributed by atoms with van der Waals surface area (Å²) in [5, 5.41) is 20.8. The van der Waals surface area contributed by atoms with Gasteiger partial charge in [0.15, 0.2) is 5.76 Å². The molecule has 3 N–H and O–H groups in total. The third-order valence-electron chi connectivity index (χ3n) is 2.11. The van der Waals surface area contributed by atoms with Gasteiger partial charge in [0, 0.05) is 12.1 Å². The Balaban J connectivity index is 2.97. The lowest BCUT2D eigenvalue weighted by atomic mass is 10.0. The van der Waals surface area contributed by atoms with Crippen LogP contribution >= 0.6 is 0 Å². The molecule has 76 valence electrons. The third-order valence-corrected chi connectivity index (χ3v) is 2.11. The third kappa shape index (κ3) is 2.16. The Morgan fingerprint density at radius 2 is 2.21 bits per heavy atom. The molecule has 0 aliphatic carbocycles. The summed E-state index contributed by atoms with van der Waals surface area (Å²) in [6, 6.07) is 0. The van der Waals surface area contributed by atoms with Crippen LogP contribution in [-0.4, -0.2) is 22.7 Å². The van der Waals surface area contributed by atoms with Crippen molar-refractivity contribution in [3.8, 4) is 0 Å². The number of carbonyl (C=O) groups is 1. The van der Waals surface area contributed by atoms with Gasteiger partial charge in [-0.05, 0) is 25.0 Å². The number of hydrogen-bond acceptors (Lipinski definition) is 3. The zero-order valence-corrected chi connectivity index (χ0v) is 8.00. The van der Waals surface area contributed by atoms with E-state index in [-0.39, 0.29) is 11.7 Å². The summed E-state index contributed by atoms with van der Waals surface area (Å²) in [6.07, 6.45) is 2.02. The lowest BCUT2D eigenvalue weighted by molar-refractivity contribution is -0.117. The molecule has 4 heteroatoms. The first-order valence-corrected chi connectivity index (χ1v) is 4.29. The largest absolute Gasteiger partial charge is 0.505 e. The molecule has 4 nitrogen and oxygen atoms in total. The highest BCUT2D eigenvalue weighted by molar-refractivity contribution is 5.95. The Bertz CT molecular complexity index is 339. The van der Waals surface area contributed by atoms with Gasteiger partial charge >= 0.3 is 0 Å². The van der Waals surface area contributed by atoms with Crippen molar-refractivity contribution in [1.82, 2.24) is 5.32 Å². The maximum atomic E-state index is 11.2. The summed E-state index contributed by atoms with van der Waals surface area (Å²) in [5.74, 6) is -0.829. The summed E-state index contributed by atoms with van der Waals surface area (Å²) < 4.78 is 0. The molecule has 0 saturated carbocycles. The molecule has 0 bridgehead atoms. The van der Waals surface area contributed by atoms with Crippen LogP contribution in [0.25, 0.3) is 0 Å². The molecular weight excluding hydrogens is 182 g/mol. The molecule has 14 heavy (non-hydrogen) atoms. The predicted octanol–water partition coefficient (Wildman–Crippen LogP) is 1.34. The number of rotatable bonds is 2. The summed E-state index contributed by atoms with van der Waals surface area (Å²) >= 11 is 0. The molecule has 0 aromatic rings. The fourth-order valence-electron chi connectivity index (χ4n) is 1.21. The number of aliphatic hydroxyl groups excluding tert-OH is 2. The quantitative estimate of drug-likeness (QED) is 0.460. The summed E-state index contributed by atoms with van der Waals surface area (Å²) in [4.78, 5) is 11.2. The van der Waals surface area contributed by atoms with E-state index >= 15 is 0 Å². The van der Waals surface area contributed by atoms with Gasteiger partial charge < -0.3 is 15.5 Å². The van der Waals surface area contributed by atoms with Crippen molar-refractivity contribution >= 4 is 5.91 Å². The lowest BCUT2D eigenvalue weighted by Crippen LogP contribution is -2.30. The molecule has 1 rings (SSSR count). The number of allylic oxidation sites excluding steroid dienone is 1. The lowest BCUT2D eigenvalue weighted by Gasteiger charge is -2.15. The van der Waals surface area contributed by atoms with Gasteiger partial charge in [0.1, 0.15) is 5.76 Å². The molecular formula is C10H13NO3. The van der Waals surface area contributed by atoms with Crippen LogP contribution in [0, 0.1) is 0 Å². The molecule has 0 atom stereocenters. The van der Waals surface area contributed by atoms with E-state index in [1.54, 1.807) is 6.92 Å². The van der Waals surface area contributed by atoms with E-state index in [9.17, 15) is 9.90 Å². The molecule has 0 saturated heterocycles. The second-order valence-corrected chi connectivity index (χ2v) is 3.13. The maximum Gasteiger partial charge on any atom is 0.247 e. The normalized spacial score (nSPS) is 18.1. The minimum absolute atomic E-state index is 0.140. The zero-order valence-electron chi connectivity index (χ0n) is 8.00. The Morgan fingerprint density at radius 3 is 2.79 bits per heavy atom. The molecule has 0 radical (unpaired) electrons. The highest BCUT2D eigenvalue weighted by Crippen LogP contribution is 2.16. The van der Waals surface area contributed by atoms with Crippen molar-refractivity contribution in [1.29, 1.82) is 0 Å². The number of amides is 1. The van der Waals surface area contributed by atoms with E-state index in [1.807, 2.05) is 0 Å². The van der Waals surface area contributed by atoms with E-state index in [2.05, 4.69) is 11.9 Å². The molecule has 1 amide bonds. The minimum atomic E-state index is -0.392. The maximum absolute atomic E-state index is 11.2. The Morgan fingerprint density at radius 1 is 1.57 bits per heavy atom. The summed E-state index contributed by atoms with van der Waals surface area (Å²) in [6.45, 7) is 5.40. The fraction of sp³-hybridized carbons (Fsp3) is 0.300. The number of nitrogens with one attached hydrogen (secondary N) is 1. The van der Waals surface area contributed by atoms with E-state index in [0.717, 1.165) is 5.57 Å². The van der Waals surface area contributed by atoms with Crippen LogP contribution < -0.4 is 5.32 Å². The van der Waals surface area contributed by atoms with Gasteiger partial charge in [0.25, 0.3) is 0 Å². The number of hydrogen-bond donors (Lipinski definition) is 3. The van der Waals surface area contributed by atoms with Crippen LogP contribution in [0.15, 0.2) is 35.3 Å². The van der Waals surface area contributed by atoms with Crippen LogP contribution in [0.2, 0.25) is 0 Å². The van der Waals surface area contributed by atoms with Gasteiger partial charge in [-0.25, -0.2) is 0 Å². The number of carbonyl (C=O) groups excluding carboxylic acids is 1. The van der Waals surface area contributed by atoms with Crippen LogP contribution in [-0.2, 0) is 4.79 Å². The Labute approximate surface area is 82.2 Å². The number of aliphatic hydroxyl groups is 2. The van der Waals surface area contributed by atoms with E-state index in [1.165, 1.54) is 6.08 Å². The predicted molar refractivity (Wildman–Crippen MR) is 52.8 cm³/mol. The summed E-state index contributed by atoms with van der Waals surface area (Å²) in [5.41, 5.74) is 1.28. The van der Waals surface area contributed by atoms with Gasteiger partial charge in [0.05, 0.1) is 0 Å². The second kappa shape index (κ2) is 4.00. The first-order chi connectivity index (χ1) is 6.52. The van der Waals surface area contributed by atoms with Crippen molar-refractivity contribution in [2.24, 2.45) is 0 Å². The first kappa shape index (κ1) is 10.4. The van der Waals surface area contributed by atoms with Crippen molar-refractivity contribution in [2.75, 3.05) is 6.54 Å². The Hall–Kier alpha value is -1.71. The monoisotopic (exact) mass is 195 g/mol. The summed E-state index contributed by atoms with van der Waals surface area (Å²) in [7, 11) is 0. The molecule has 0 aromatic heterocycles. The van der Waals surface area contributed by atoms with Gasteiger partial charge in [-0.3, -0.25) is 4.79 Å². The van der Waals surface area contributed by atoms with Crippen molar-refractivity contribution in [2.45, 2.75) is 13.3 Å². The van der Waals surface area contributed by atoms with Crippen molar-refractivity contribution in [3.63, 3.8) is 0 Å². The Kier molecular flexibility index (Phi) is 2.96. The second-order valence-electron chi connectivity index (χ2n) is 3.13. The van der Waals surface area contributed by atoms with E-state index < -0.39 is 5.76 Å². The molecule has 0 aromatic carbocycles. The molecule has 1 aliphatic rings. The SMILES string of the molecule is C=C(O)/C(O)=C\C1=C(C)C(=O)NCC1. The highest BCUT2D eigenvalue weighted by atomic mass is 16.3. The van der Waals surface area contributed by atoms with Gasteiger partial charge in [-0.2, -0.15) is 0 Å². The molecule has 0 fully saturated rings. The zero-order chi connectivity index (χ0) is 10.7. The van der Waals surface area contributed by atoms with E-state index in [0.29, 0.717) is 18.5 Å². The van der Waals surface area contributed by atoms with Crippen LogP contribution in [0.5, 0.6) is 0 Å². The molecule has 1 aliphatic heterocycles. The minimum Gasteiger partial charge on any atom is -0.505 e. The van der Waals surface area contributed by atoms with Gasteiger partial charge in [0.2, 0.25) is 5.91 Å².